The fourth-order valence-electron chi connectivity index (χ4n) is 2.91. The van der Waals surface area contributed by atoms with E-state index in [0.717, 1.165) is 36.7 Å². The van der Waals surface area contributed by atoms with Crippen LogP contribution < -0.4 is 10.6 Å². The lowest BCUT2D eigenvalue weighted by atomic mass is 10.0. The van der Waals surface area contributed by atoms with Gasteiger partial charge in [0.2, 0.25) is 0 Å². The van der Waals surface area contributed by atoms with Crippen LogP contribution in [0.15, 0.2) is 53.5 Å². The molecule has 5 nitrogen and oxygen atoms in total. The van der Waals surface area contributed by atoms with Gasteiger partial charge in [-0.25, -0.2) is 5.84 Å². The maximum atomic E-state index is 5.92. The quantitative estimate of drug-likeness (QED) is 0.755. The molecule has 1 aliphatic rings. The Morgan fingerprint density at radius 2 is 1.69 bits per heavy atom. The Morgan fingerprint density at radius 3 is 2.23 bits per heavy atom. The smallest absolute Gasteiger partial charge is 0.145 e. The Labute approximate surface area is 161 Å². The summed E-state index contributed by atoms with van der Waals surface area (Å²) in [4.78, 5) is 4.44. The molecule has 1 aliphatic heterocycles. The lowest BCUT2D eigenvalue weighted by Crippen LogP contribution is -2.34. The summed E-state index contributed by atoms with van der Waals surface area (Å²) < 4.78 is 10.9. The molecule has 0 radical (unpaired) electrons. The largest absolute Gasteiger partial charge is 0.488 e. The summed E-state index contributed by atoms with van der Waals surface area (Å²) >= 11 is 0. The predicted octanol–water partition coefficient (Wildman–Crippen LogP) is 3.05. The molecular weight excluding hydrogens is 350 g/mol. The average molecular weight is 376 g/mol. The van der Waals surface area contributed by atoms with Crippen LogP contribution >= 0.6 is 12.4 Å². The summed E-state index contributed by atoms with van der Waals surface area (Å²) in [7, 11) is 1.68. The number of aliphatic imine (C=N–C) groups is 1. The van der Waals surface area contributed by atoms with Crippen molar-refractivity contribution in [3.8, 4) is 5.75 Å². The SMILES string of the molecule is COCC(C)Oc1ccc(Cc2ccc(C3=NCCN3N)cc2)cc1.Cl. The van der Waals surface area contributed by atoms with Crippen molar-refractivity contribution in [2.75, 3.05) is 26.8 Å². The lowest BCUT2D eigenvalue weighted by Gasteiger charge is -2.14. The van der Waals surface area contributed by atoms with E-state index in [9.17, 15) is 0 Å². The van der Waals surface area contributed by atoms with E-state index >= 15 is 0 Å². The van der Waals surface area contributed by atoms with Gasteiger partial charge in [-0.15, -0.1) is 12.4 Å². The number of hydrogen-bond acceptors (Lipinski definition) is 5. The fourth-order valence-corrected chi connectivity index (χ4v) is 2.91. The number of methoxy groups -OCH3 is 1. The first-order valence-corrected chi connectivity index (χ1v) is 8.56. The Balaban J connectivity index is 0.00000243. The first kappa shape index (κ1) is 20.2. The van der Waals surface area contributed by atoms with Gasteiger partial charge in [-0.05, 0) is 36.6 Å². The maximum absolute atomic E-state index is 5.92. The molecule has 0 saturated carbocycles. The van der Waals surface area contributed by atoms with Gasteiger partial charge in [-0.3, -0.25) is 10.0 Å². The van der Waals surface area contributed by atoms with E-state index in [1.807, 2.05) is 19.1 Å². The molecule has 1 atom stereocenters. The topological polar surface area (TPSA) is 60.1 Å². The van der Waals surface area contributed by atoms with Gasteiger partial charge in [0.25, 0.3) is 0 Å². The normalized spacial score (nSPS) is 14.6. The number of hydrazine groups is 1. The van der Waals surface area contributed by atoms with Crippen LogP contribution in [0.25, 0.3) is 0 Å². The van der Waals surface area contributed by atoms with E-state index < -0.39 is 0 Å². The summed E-state index contributed by atoms with van der Waals surface area (Å²) in [6.45, 7) is 4.13. The number of nitrogens with zero attached hydrogens (tertiary/aromatic N) is 2. The van der Waals surface area contributed by atoms with Crippen LogP contribution in [0.4, 0.5) is 0 Å². The van der Waals surface area contributed by atoms with E-state index in [4.69, 9.17) is 15.3 Å². The summed E-state index contributed by atoms with van der Waals surface area (Å²) in [6, 6.07) is 16.7. The Morgan fingerprint density at radius 1 is 1.08 bits per heavy atom. The van der Waals surface area contributed by atoms with Crippen LogP contribution in [0, 0.1) is 0 Å². The van der Waals surface area contributed by atoms with Crippen molar-refractivity contribution in [1.82, 2.24) is 5.01 Å². The van der Waals surface area contributed by atoms with Crippen molar-refractivity contribution >= 4 is 18.2 Å². The van der Waals surface area contributed by atoms with E-state index in [2.05, 4.69) is 41.4 Å². The summed E-state index contributed by atoms with van der Waals surface area (Å²) in [5.74, 6) is 7.66. The zero-order valence-electron chi connectivity index (χ0n) is 15.2. The number of amidine groups is 1. The number of benzene rings is 2. The van der Waals surface area contributed by atoms with E-state index in [0.29, 0.717) is 6.61 Å². The minimum absolute atomic E-state index is 0. The third-order valence-corrected chi connectivity index (χ3v) is 4.16. The van der Waals surface area contributed by atoms with E-state index in [1.165, 1.54) is 11.1 Å². The minimum atomic E-state index is 0. The molecule has 0 spiro atoms. The van der Waals surface area contributed by atoms with E-state index in [1.54, 1.807) is 12.1 Å². The minimum Gasteiger partial charge on any atom is -0.488 e. The second kappa shape index (κ2) is 9.57. The highest BCUT2D eigenvalue weighted by Crippen LogP contribution is 2.18. The van der Waals surface area contributed by atoms with Gasteiger partial charge in [0, 0.05) is 12.7 Å². The summed E-state index contributed by atoms with van der Waals surface area (Å²) in [6.07, 6.45) is 0.927. The van der Waals surface area contributed by atoms with Gasteiger partial charge < -0.3 is 9.47 Å². The fraction of sp³-hybridized carbons (Fsp3) is 0.350. The highest BCUT2D eigenvalue weighted by Gasteiger charge is 2.14. The van der Waals surface area contributed by atoms with Crippen LogP contribution in [0.5, 0.6) is 5.75 Å². The second-order valence-corrected chi connectivity index (χ2v) is 6.30. The van der Waals surface area contributed by atoms with Crippen LogP contribution in [0.1, 0.15) is 23.6 Å². The monoisotopic (exact) mass is 375 g/mol. The number of hydrogen-bond donors (Lipinski definition) is 1. The zero-order chi connectivity index (χ0) is 17.6. The van der Waals surface area contributed by atoms with Crippen molar-refractivity contribution in [3.63, 3.8) is 0 Å². The molecule has 2 aromatic rings. The molecule has 0 aromatic heterocycles. The first-order valence-electron chi connectivity index (χ1n) is 8.56. The Bertz CT molecular complexity index is 717. The third kappa shape index (κ3) is 5.21. The van der Waals surface area contributed by atoms with Gasteiger partial charge in [-0.1, -0.05) is 36.4 Å². The Kier molecular flexibility index (Phi) is 7.45. The molecular formula is C20H26ClN3O2. The van der Waals surface area contributed by atoms with Gasteiger partial charge >= 0.3 is 0 Å². The van der Waals surface area contributed by atoms with Crippen molar-refractivity contribution in [2.24, 2.45) is 10.8 Å². The average Bonchev–Trinajstić information content (AvgIpc) is 3.04. The molecule has 3 rings (SSSR count). The first-order chi connectivity index (χ1) is 12.2. The molecule has 2 aromatic carbocycles. The summed E-state index contributed by atoms with van der Waals surface area (Å²) in [5, 5.41) is 1.71. The van der Waals surface area contributed by atoms with Crippen LogP contribution in [0.2, 0.25) is 0 Å². The van der Waals surface area contributed by atoms with Crippen molar-refractivity contribution in [3.05, 3.63) is 65.2 Å². The molecule has 26 heavy (non-hydrogen) atoms. The molecule has 6 heteroatoms. The molecule has 0 fully saturated rings. The summed E-state index contributed by atoms with van der Waals surface area (Å²) in [5.41, 5.74) is 3.57. The molecule has 1 heterocycles. The van der Waals surface area contributed by atoms with Crippen molar-refractivity contribution < 1.29 is 9.47 Å². The van der Waals surface area contributed by atoms with Crippen LogP contribution in [-0.4, -0.2) is 43.8 Å². The Hall–Kier alpha value is -2.08. The molecule has 0 saturated heterocycles. The van der Waals surface area contributed by atoms with Crippen LogP contribution in [0.3, 0.4) is 0 Å². The lowest BCUT2D eigenvalue weighted by molar-refractivity contribution is 0.0921. The molecule has 140 valence electrons. The standard InChI is InChI=1S/C20H25N3O2.ClH/c1-15(14-24-2)25-19-9-5-17(6-10-19)13-16-3-7-18(8-4-16)20-22-11-12-23(20)21;/h3-10,15H,11-14,21H2,1-2H3;1H. The van der Waals surface area contributed by atoms with Crippen molar-refractivity contribution in [1.29, 1.82) is 0 Å². The highest BCUT2D eigenvalue weighted by molar-refractivity contribution is 5.99. The maximum Gasteiger partial charge on any atom is 0.145 e. The second-order valence-electron chi connectivity index (χ2n) is 6.30. The zero-order valence-corrected chi connectivity index (χ0v) is 16.0. The number of rotatable bonds is 7. The third-order valence-electron chi connectivity index (χ3n) is 4.16. The molecule has 0 amide bonds. The van der Waals surface area contributed by atoms with E-state index in [-0.39, 0.29) is 18.5 Å². The van der Waals surface area contributed by atoms with Crippen LogP contribution in [-0.2, 0) is 11.2 Å². The molecule has 0 bridgehead atoms. The van der Waals surface area contributed by atoms with Gasteiger partial charge in [0.1, 0.15) is 17.7 Å². The number of ether oxygens (including phenoxy) is 2. The van der Waals surface area contributed by atoms with Gasteiger partial charge in [0.15, 0.2) is 0 Å². The molecule has 1 unspecified atom stereocenters. The predicted molar refractivity (Wildman–Crippen MR) is 107 cm³/mol. The number of halogens is 1. The highest BCUT2D eigenvalue weighted by atomic mass is 35.5. The van der Waals surface area contributed by atoms with Crippen molar-refractivity contribution in [2.45, 2.75) is 19.4 Å². The molecule has 2 N–H and O–H groups in total. The molecule has 0 aliphatic carbocycles. The van der Waals surface area contributed by atoms with Gasteiger partial charge in [-0.2, -0.15) is 0 Å². The number of nitrogens with two attached hydrogens (primary N) is 1. The van der Waals surface area contributed by atoms with Gasteiger partial charge in [0.05, 0.1) is 19.7 Å².